The first-order valence-electron chi connectivity index (χ1n) is 9.69. The lowest BCUT2D eigenvalue weighted by Crippen LogP contribution is -2.20. The summed E-state index contributed by atoms with van der Waals surface area (Å²) in [5.74, 6) is 1.02. The molecular formula is C23H27N3O2S. The highest BCUT2D eigenvalue weighted by Gasteiger charge is 2.10. The molecule has 3 aromatic rings. The van der Waals surface area contributed by atoms with E-state index in [1.807, 2.05) is 37.3 Å². The van der Waals surface area contributed by atoms with Crippen LogP contribution in [-0.4, -0.2) is 36.0 Å². The zero-order valence-corrected chi connectivity index (χ0v) is 18.2. The van der Waals surface area contributed by atoms with Gasteiger partial charge in [0.25, 0.3) is 5.17 Å². The van der Waals surface area contributed by atoms with Crippen LogP contribution in [0.25, 0.3) is 11.0 Å². The molecule has 0 fully saturated rings. The van der Waals surface area contributed by atoms with Crippen LogP contribution in [0.1, 0.15) is 29.2 Å². The number of furan rings is 1. The van der Waals surface area contributed by atoms with Gasteiger partial charge in [-0.3, -0.25) is 0 Å². The van der Waals surface area contributed by atoms with Gasteiger partial charge >= 0.3 is 0 Å². The van der Waals surface area contributed by atoms with Crippen molar-refractivity contribution in [3.8, 4) is 5.75 Å². The number of amidine groups is 1. The summed E-state index contributed by atoms with van der Waals surface area (Å²) in [6.45, 7) is 8.34. The zero-order valence-electron chi connectivity index (χ0n) is 17.4. The maximum Gasteiger partial charge on any atom is 0.290 e. The van der Waals surface area contributed by atoms with Gasteiger partial charge in [-0.05, 0) is 93.1 Å². The van der Waals surface area contributed by atoms with E-state index in [9.17, 15) is 0 Å². The number of rotatable bonds is 6. The number of benzene rings is 2. The molecular weight excluding hydrogens is 382 g/mol. The van der Waals surface area contributed by atoms with E-state index >= 15 is 0 Å². The van der Waals surface area contributed by atoms with Crippen LogP contribution in [0.15, 0.2) is 52.1 Å². The van der Waals surface area contributed by atoms with Crippen molar-refractivity contribution < 1.29 is 9.15 Å². The monoisotopic (exact) mass is 409 g/mol. The molecule has 0 unspecified atom stereocenters. The summed E-state index contributed by atoms with van der Waals surface area (Å²) < 4.78 is 11.2. The van der Waals surface area contributed by atoms with Crippen molar-refractivity contribution in [1.82, 2.24) is 4.90 Å². The molecule has 0 saturated carbocycles. The van der Waals surface area contributed by atoms with Crippen molar-refractivity contribution in [2.45, 2.75) is 27.2 Å². The number of aliphatic imine (C=N–C) groups is 1. The molecule has 2 aromatic carbocycles. The Hall–Kier alpha value is -2.70. The van der Waals surface area contributed by atoms with Crippen LogP contribution in [0.5, 0.6) is 5.75 Å². The molecule has 3 rings (SSSR count). The number of nitrogens with zero attached hydrogens (tertiary/aromatic N) is 2. The minimum absolute atomic E-state index is 0.0933. The van der Waals surface area contributed by atoms with E-state index in [4.69, 9.17) is 27.1 Å². The Bertz CT molecular complexity index is 1060. The number of fused-ring (bicyclic) bond motifs is 1. The fourth-order valence-corrected chi connectivity index (χ4v) is 3.29. The fraction of sp³-hybridized carbons (Fsp3) is 0.304. The Morgan fingerprint density at radius 3 is 2.72 bits per heavy atom. The summed E-state index contributed by atoms with van der Waals surface area (Å²) in [6, 6.07) is 11.7. The SMILES string of the molecule is CCN(C)CCc1cc(C)c(OC(=S)N=C(N)c2ccc3occc3c2)cc1C. The summed E-state index contributed by atoms with van der Waals surface area (Å²) in [6.07, 6.45) is 2.65. The van der Waals surface area contributed by atoms with Crippen LogP contribution < -0.4 is 10.5 Å². The number of ether oxygens (including phenoxy) is 1. The molecule has 6 heteroatoms. The summed E-state index contributed by atoms with van der Waals surface area (Å²) in [5, 5.41) is 1.05. The van der Waals surface area contributed by atoms with Crippen molar-refractivity contribution in [2.24, 2.45) is 10.7 Å². The standard InChI is InChI=1S/C23H27N3O2S/c1-5-26(4)10-8-17-12-16(3)21(13-15(17)2)28-23(29)25-22(24)19-6-7-20-18(14-19)9-11-27-20/h6-7,9,11-14H,5,8,10H2,1-4H3,(H2,24,25,29). The molecule has 0 atom stereocenters. The summed E-state index contributed by atoms with van der Waals surface area (Å²) in [7, 11) is 2.13. The quantitative estimate of drug-likeness (QED) is 0.366. The highest BCUT2D eigenvalue weighted by molar-refractivity contribution is 7.80. The second-order valence-corrected chi connectivity index (χ2v) is 7.58. The normalized spacial score (nSPS) is 12.0. The third kappa shape index (κ3) is 5.22. The molecule has 152 valence electrons. The molecule has 0 amide bonds. The van der Waals surface area contributed by atoms with E-state index in [-0.39, 0.29) is 5.17 Å². The highest BCUT2D eigenvalue weighted by atomic mass is 32.1. The number of likely N-dealkylation sites (N-methyl/N-ethyl adjacent to an activating group) is 1. The van der Waals surface area contributed by atoms with Crippen LogP contribution >= 0.6 is 12.2 Å². The van der Waals surface area contributed by atoms with Crippen LogP contribution in [0, 0.1) is 13.8 Å². The van der Waals surface area contributed by atoms with E-state index in [1.54, 1.807) is 6.26 Å². The number of thiocarbonyl (C=S) groups is 1. The van der Waals surface area contributed by atoms with Gasteiger partial charge in [0, 0.05) is 17.5 Å². The lowest BCUT2D eigenvalue weighted by Gasteiger charge is -2.16. The smallest absolute Gasteiger partial charge is 0.290 e. The molecule has 0 aliphatic rings. The first-order chi connectivity index (χ1) is 13.9. The average molecular weight is 410 g/mol. The maximum absolute atomic E-state index is 6.13. The van der Waals surface area contributed by atoms with Crippen molar-refractivity contribution in [1.29, 1.82) is 0 Å². The van der Waals surface area contributed by atoms with E-state index in [0.717, 1.165) is 41.6 Å². The first kappa shape index (κ1) is 21.0. The number of nitrogens with two attached hydrogens (primary N) is 1. The molecule has 1 aromatic heterocycles. The Kier molecular flexibility index (Phi) is 6.67. The predicted octanol–water partition coefficient (Wildman–Crippen LogP) is 4.61. The van der Waals surface area contributed by atoms with E-state index in [1.165, 1.54) is 11.1 Å². The summed E-state index contributed by atoms with van der Waals surface area (Å²) in [5.41, 5.74) is 11.2. The molecule has 0 radical (unpaired) electrons. The maximum atomic E-state index is 6.13. The van der Waals surface area contributed by atoms with Gasteiger partial charge in [-0.2, -0.15) is 4.99 Å². The van der Waals surface area contributed by atoms with Gasteiger partial charge in [-0.25, -0.2) is 0 Å². The Morgan fingerprint density at radius 2 is 1.97 bits per heavy atom. The zero-order chi connectivity index (χ0) is 21.0. The Morgan fingerprint density at radius 1 is 1.17 bits per heavy atom. The average Bonchev–Trinajstić information content (AvgIpc) is 3.16. The largest absolute Gasteiger partial charge is 0.464 e. The predicted molar refractivity (Wildman–Crippen MR) is 123 cm³/mol. The fourth-order valence-electron chi connectivity index (χ4n) is 3.10. The van der Waals surface area contributed by atoms with Gasteiger partial charge in [0.2, 0.25) is 0 Å². The highest BCUT2D eigenvalue weighted by Crippen LogP contribution is 2.24. The van der Waals surface area contributed by atoms with Crippen molar-refractivity contribution in [2.75, 3.05) is 20.1 Å². The van der Waals surface area contributed by atoms with Gasteiger partial charge in [0.15, 0.2) is 0 Å². The summed E-state index contributed by atoms with van der Waals surface area (Å²) >= 11 is 5.31. The van der Waals surface area contributed by atoms with Crippen LogP contribution in [-0.2, 0) is 6.42 Å². The van der Waals surface area contributed by atoms with Crippen molar-refractivity contribution in [3.05, 3.63) is 64.9 Å². The van der Waals surface area contributed by atoms with E-state index in [0.29, 0.717) is 11.6 Å². The second kappa shape index (κ2) is 9.20. The summed E-state index contributed by atoms with van der Waals surface area (Å²) in [4.78, 5) is 6.56. The lowest BCUT2D eigenvalue weighted by atomic mass is 10.0. The molecule has 0 bridgehead atoms. The topological polar surface area (TPSA) is 64.0 Å². The number of hydrogen-bond acceptors (Lipinski definition) is 4. The van der Waals surface area contributed by atoms with Gasteiger partial charge in [-0.1, -0.05) is 13.0 Å². The van der Waals surface area contributed by atoms with Gasteiger partial charge < -0.3 is 19.8 Å². The molecule has 0 spiro atoms. The van der Waals surface area contributed by atoms with Gasteiger partial charge in [-0.15, -0.1) is 0 Å². The molecule has 1 heterocycles. The Labute approximate surface area is 177 Å². The van der Waals surface area contributed by atoms with Crippen molar-refractivity contribution >= 4 is 34.2 Å². The van der Waals surface area contributed by atoms with Crippen LogP contribution in [0.4, 0.5) is 0 Å². The van der Waals surface area contributed by atoms with Gasteiger partial charge in [0.05, 0.1) is 6.26 Å². The van der Waals surface area contributed by atoms with Gasteiger partial charge in [0.1, 0.15) is 17.2 Å². The second-order valence-electron chi connectivity index (χ2n) is 7.23. The molecule has 2 N–H and O–H groups in total. The van der Waals surface area contributed by atoms with Crippen molar-refractivity contribution in [3.63, 3.8) is 0 Å². The van der Waals surface area contributed by atoms with Crippen LogP contribution in [0.2, 0.25) is 0 Å². The minimum atomic E-state index is 0.0933. The Balaban J connectivity index is 1.72. The third-order valence-corrected chi connectivity index (χ3v) is 5.27. The third-order valence-electron chi connectivity index (χ3n) is 5.09. The molecule has 0 aliphatic heterocycles. The number of aryl methyl sites for hydroxylation is 2. The molecule has 0 saturated heterocycles. The number of hydrogen-bond donors (Lipinski definition) is 1. The molecule has 29 heavy (non-hydrogen) atoms. The van der Waals surface area contributed by atoms with Crippen LogP contribution in [0.3, 0.4) is 0 Å². The lowest BCUT2D eigenvalue weighted by molar-refractivity contribution is 0.357. The van der Waals surface area contributed by atoms with E-state index < -0.39 is 0 Å². The minimum Gasteiger partial charge on any atom is -0.464 e. The molecule has 0 aliphatic carbocycles. The van der Waals surface area contributed by atoms with E-state index in [2.05, 4.69) is 36.9 Å². The first-order valence-corrected chi connectivity index (χ1v) is 10.1. The molecule has 5 nitrogen and oxygen atoms in total.